The second kappa shape index (κ2) is 6.98. The standard InChI is InChI=1S/C19H22N2O4/c1-13-6-7-16(25-13)19(22)21-11-17(18-15(21)5-3-9-23-18)24-12-14-4-2-8-20-10-14/h2,4,6-8,10,15,17-18H,3,5,9,11-12H2,1H3/t15-,17-,18+/m0/s1. The molecular formula is C19H22N2O4. The second-order valence-corrected chi connectivity index (χ2v) is 6.62. The highest BCUT2D eigenvalue weighted by molar-refractivity contribution is 5.92. The predicted molar refractivity (Wildman–Crippen MR) is 90.1 cm³/mol. The van der Waals surface area contributed by atoms with Crippen LogP contribution in [0.2, 0.25) is 0 Å². The summed E-state index contributed by atoms with van der Waals surface area (Å²) < 4.78 is 17.6. The van der Waals surface area contributed by atoms with Gasteiger partial charge in [0.05, 0.1) is 19.2 Å². The lowest BCUT2D eigenvalue weighted by Gasteiger charge is -2.31. The molecule has 1 amide bonds. The number of amides is 1. The van der Waals surface area contributed by atoms with E-state index in [1.54, 1.807) is 18.5 Å². The Morgan fingerprint density at radius 1 is 1.40 bits per heavy atom. The molecule has 25 heavy (non-hydrogen) atoms. The summed E-state index contributed by atoms with van der Waals surface area (Å²) in [7, 11) is 0. The van der Waals surface area contributed by atoms with Gasteiger partial charge in [-0.2, -0.15) is 0 Å². The van der Waals surface area contributed by atoms with Crippen molar-refractivity contribution in [3.8, 4) is 0 Å². The third-order valence-electron chi connectivity index (χ3n) is 4.88. The Morgan fingerprint density at radius 3 is 3.08 bits per heavy atom. The Morgan fingerprint density at radius 2 is 2.32 bits per heavy atom. The molecule has 0 aliphatic carbocycles. The van der Waals surface area contributed by atoms with E-state index in [-0.39, 0.29) is 24.2 Å². The predicted octanol–water partition coefficient (Wildman–Crippen LogP) is 2.57. The molecule has 0 N–H and O–H groups in total. The molecule has 132 valence electrons. The van der Waals surface area contributed by atoms with Crippen LogP contribution in [0.5, 0.6) is 0 Å². The molecule has 4 heterocycles. The number of carbonyl (C=O) groups excluding carboxylic acids is 1. The van der Waals surface area contributed by atoms with E-state index >= 15 is 0 Å². The Balaban J connectivity index is 1.48. The number of hydrogen-bond acceptors (Lipinski definition) is 5. The van der Waals surface area contributed by atoms with Crippen LogP contribution in [-0.4, -0.2) is 47.2 Å². The van der Waals surface area contributed by atoms with Crippen molar-refractivity contribution in [1.82, 2.24) is 9.88 Å². The number of ether oxygens (including phenoxy) is 2. The number of nitrogens with zero attached hydrogens (tertiary/aromatic N) is 2. The first-order valence-corrected chi connectivity index (χ1v) is 8.72. The summed E-state index contributed by atoms with van der Waals surface area (Å²) in [5.74, 6) is 1.04. The summed E-state index contributed by atoms with van der Waals surface area (Å²) in [5.41, 5.74) is 1.02. The summed E-state index contributed by atoms with van der Waals surface area (Å²) in [4.78, 5) is 18.8. The van der Waals surface area contributed by atoms with Gasteiger partial charge in [-0.05, 0) is 43.5 Å². The minimum absolute atomic E-state index is 0.0468. The van der Waals surface area contributed by atoms with E-state index in [1.807, 2.05) is 30.0 Å². The number of furan rings is 1. The van der Waals surface area contributed by atoms with Crippen molar-refractivity contribution in [3.63, 3.8) is 0 Å². The number of rotatable bonds is 4. The molecule has 2 fully saturated rings. The van der Waals surface area contributed by atoms with Gasteiger partial charge in [-0.1, -0.05) is 6.07 Å². The van der Waals surface area contributed by atoms with E-state index in [9.17, 15) is 4.79 Å². The summed E-state index contributed by atoms with van der Waals surface area (Å²) in [5, 5.41) is 0. The van der Waals surface area contributed by atoms with Crippen molar-refractivity contribution in [1.29, 1.82) is 0 Å². The van der Waals surface area contributed by atoms with Crippen molar-refractivity contribution >= 4 is 5.91 Å². The quantitative estimate of drug-likeness (QED) is 0.854. The number of fused-ring (bicyclic) bond motifs is 1. The zero-order valence-corrected chi connectivity index (χ0v) is 14.3. The SMILES string of the molecule is Cc1ccc(C(=O)N2C[C@H](OCc3cccnc3)[C@@H]3OCCC[C@@H]32)o1. The molecule has 6 nitrogen and oxygen atoms in total. The molecule has 0 unspecified atom stereocenters. The fourth-order valence-corrected chi connectivity index (χ4v) is 3.67. The van der Waals surface area contributed by atoms with Gasteiger partial charge >= 0.3 is 0 Å². The lowest BCUT2D eigenvalue weighted by atomic mass is 10.0. The van der Waals surface area contributed by atoms with Crippen LogP contribution in [0.1, 0.15) is 34.7 Å². The van der Waals surface area contributed by atoms with Crippen LogP contribution in [0.25, 0.3) is 0 Å². The molecule has 2 aliphatic heterocycles. The average molecular weight is 342 g/mol. The van der Waals surface area contributed by atoms with E-state index in [0.717, 1.165) is 30.8 Å². The van der Waals surface area contributed by atoms with E-state index in [1.165, 1.54) is 0 Å². The van der Waals surface area contributed by atoms with Gasteiger partial charge in [0.2, 0.25) is 0 Å². The van der Waals surface area contributed by atoms with Crippen LogP contribution in [-0.2, 0) is 16.1 Å². The number of carbonyl (C=O) groups is 1. The van der Waals surface area contributed by atoms with Crippen molar-refractivity contribution in [3.05, 3.63) is 53.7 Å². The second-order valence-electron chi connectivity index (χ2n) is 6.62. The largest absolute Gasteiger partial charge is 0.456 e. The number of aryl methyl sites for hydroxylation is 1. The maximum atomic E-state index is 12.8. The van der Waals surface area contributed by atoms with E-state index < -0.39 is 0 Å². The molecule has 0 aromatic carbocycles. The normalized spacial score (nSPS) is 25.8. The summed E-state index contributed by atoms with van der Waals surface area (Å²) in [6, 6.07) is 7.47. The third-order valence-corrected chi connectivity index (χ3v) is 4.88. The van der Waals surface area contributed by atoms with E-state index in [4.69, 9.17) is 13.9 Å². The maximum absolute atomic E-state index is 12.8. The van der Waals surface area contributed by atoms with Crippen LogP contribution in [0.15, 0.2) is 41.1 Å². The molecule has 2 aromatic rings. The Labute approximate surface area is 146 Å². The Hall–Kier alpha value is -2.18. The monoisotopic (exact) mass is 342 g/mol. The van der Waals surface area contributed by atoms with Crippen LogP contribution in [0.4, 0.5) is 0 Å². The first-order chi connectivity index (χ1) is 12.2. The van der Waals surface area contributed by atoms with E-state index in [0.29, 0.717) is 18.9 Å². The topological polar surface area (TPSA) is 64.8 Å². The molecule has 2 aromatic heterocycles. The zero-order valence-electron chi connectivity index (χ0n) is 14.3. The summed E-state index contributed by atoms with van der Waals surface area (Å²) in [6.45, 7) is 3.55. The highest BCUT2D eigenvalue weighted by Gasteiger charge is 2.47. The highest BCUT2D eigenvalue weighted by atomic mass is 16.5. The van der Waals surface area contributed by atoms with Crippen LogP contribution in [0.3, 0.4) is 0 Å². The molecule has 2 aliphatic rings. The molecular weight excluding hydrogens is 320 g/mol. The molecule has 4 rings (SSSR count). The minimum atomic E-state index is -0.134. The maximum Gasteiger partial charge on any atom is 0.289 e. The van der Waals surface area contributed by atoms with Gasteiger partial charge in [0.25, 0.3) is 5.91 Å². The molecule has 3 atom stereocenters. The Bertz CT molecular complexity index is 730. The molecule has 2 saturated heterocycles. The van der Waals surface area contributed by atoms with E-state index in [2.05, 4.69) is 4.98 Å². The average Bonchev–Trinajstić information content (AvgIpc) is 3.24. The highest BCUT2D eigenvalue weighted by Crippen LogP contribution is 2.32. The van der Waals surface area contributed by atoms with Crippen molar-refractivity contribution < 1.29 is 18.7 Å². The number of aromatic nitrogens is 1. The van der Waals surface area contributed by atoms with Gasteiger partial charge < -0.3 is 18.8 Å². The van der Waals surface area contributed by atoms with Crippen LogP contribution in [0, 0.1) is 6.92 Å². The van der Waals surface area contributed by atoms with Gasteiger partial charge in [0.1, 0.15) is 18.0 Å². The first-order valence-electron chi connectivity index (χ1n) is 8.72. The fraction of sp³-hybridized carbons (Fsp3) is 0.474. The molecule has 6 heteroatoms. The Kier molecular flexibility index (Phi) is 4.55. The zero-order chi connectivity index (χ0) is 17.2. The van der Waals surface area contributed by atoms with Gasteiger partial charge in [0, 0.05) is 19.0 Å². The van der Waals surface area contributed by atoms with Gasteiger partial charge in [-0.25, -0.2) is 0 Å². The fourth-order valence-electron chi connectivity index (χ4n) is 3.67. The minimum Gasteiger partial charge on any atom is -0.456 e. The molecule has 0 radical (unpaired) electrons. The number of pyridine rings is 1. The van der Waals surface area contributed by atoms with Crippen molar-refractivity contribution in [2.45, 2.75) is 44.6 Å². The van der Waals surface area contributed by atoms with Gasteiger partial charge in [-0.3, -0.25) is 9.78 Å². The third kappa shape index (κ3) is 3.32. The smallest absolute Gasteiger partial charge is 0.289 e. The number of hydrogen-bond donors (Lipinski definition) is 0. The van der Waals surface area contributed by atoms with Gasteiger partial charge in [0.15, 0.2) is 5.76 Å². The van der Waals surface area contributed by atoms with Crippen molar-refractivity contribution in [2.24, 2.45) is 0 Å². The van der Waals surface area contributed by atoms with Crippen molar-refractivity contribution in [2.75, 3.05) is 13.2 Å². The van der Waals surface area contributed by atoms with Crippen LogP contribution >= 0.6 is 0 Å². The molecule has 0 spiro atoms. The summed E-state index contributed by atoms with van der Waals surface area (Å²) in [6.07, 6.45) is 5.21. The lowest BCUT2D eigenvalue weighted by Crippen LogP contribution is -2.43. The summed E-state index contributed by atoms with van der Waals surface area (Å²) >= 11 is 0. The lowest BCUT2D eigenvalue weighted by molar-refractivity contribution is -0.0810. The number of likely N-dealkylation sites (tertiary alicyclic amines) is 1. The van der Waals surface area contributed by atoms with Crippen LogP contribution < -0.4 is 0 Å². The molecule has 0 saturated carbocycles. The van der Waals surface area contributed by atoms with Gasteiger partial charge in [-0.15, -0.1) is 0 Å². The first kappa shape index (κ1) is 16.3. The molecule has 0 bridgehead atoms.